The van der Waals surface area contributed by atoms with Gasteiger partial charge in [-0.05, 0) is 43.8 Å². The standard InChI is InChI=1S/C22H19Cl2F3N6O3S/c1-9-6-11-14(8-32(9)19(35)10-4-5-13(23)12(7-10)22(25,26)27)29-21(37)33(20(11)36)18-15(24)30-16(31(18)3)17(34)28-2/h4-5,7,9H,6,8H2,1-3H3,(H,28,34)(H,29,37)/t9-/m1/s1. The number of nitrogens with zero attached hydrogens (tertiary/aromatic N) is 4. The molecule has 0 bridgehead atoms. The molecule has 0 fully saturated rings. The van der Waals surface area contributed by atoms with Crippen molar-refractivity contribution >= 4 is 47.2 Å². The molecule has 37 heavy (non-hydrogen) atoms. The smallest absolute Gasteiger partial charge is 0.352 e. The highest BCUT2D eigenvalue weighted by Gasteiger charge is 2.36. The molecule has 4 rings (SSSR count). The maximum atomic E-state index is 13.5. The van der Waals surface area contributed by atoms with E-state index in [0.29, 0.717) is 17.3 Å². The van der Waals surface area contributed by atoms with Crippen molar-refractivity contribution in [2.75, 3.05) is 7.05 Å². The van der Waals surface area contributed by atoms with Gasteiger partial charge < -0.3 is 19.8 Å². The summed E-state index contributed by atoms with van der Waals surface area (Å²) in [7, 11) is 2.92. The zero-order chi connectivity index (χ0) is 27.4. The van der Waals surface area contributed by atoms with Crippen LogP contribution in [0, 0.1) is 4.77 Å². The first-order chi connectivity index (χ1) is 17.3. The number of carbonyl (C=O) groups is 2. The lowest BCUT2D eigenvalue weighted by Gasteiger charge is -2.34. The maximum Gasteiger partial charge on any atom is 0.417 e. The average molecular weight is 575 g/mol. The van der Waals surface area contributed by atoms with Gasteiger partial charge in [0.25, 0.3) is 17.4 Å². The summed E-state index contributed by atoms with van der Waals surface area (Å²) in [5.41, 5.74) is -1.17. The number of nitrogens with one attached hydrogen (secondary N) is 2. The molecule has 3 heterocycles. The third-order valence-corrected chi connectivity index (χ3v) is 6.96. The lowest BCUT2D eigenvalue weighted by Crippen LogP contribution is -2.46. The molecule has 1 aliphatic heterocycles. The predicted octanol–water partition coefficient (Wildman–Crippen LogP) is 3.90. The van der Waals surface area contributed by atoms with Crippen LogP contribution in [0.3, 0.4) is 0 Å². The molecule has 0 saturated carbocycles. The highest BCUT2D eigenvalue weighted by atomic mass is 35.5. The number of aromatic amines is 1. The summed E-state index contributed by atoms with van der Waals surface area (Å²) < 4.78 is 42.3. The molecule has 196 valence electrons. The Morgan fingerprint density at radius 3 is 2.57 bits per heavy atom. The number of carbonyl (C=O) groups excluding carboxylic acids is 2. The highest BCUT2D eigenvalue weighted by molar-refractivity contribution is 7.71. The average Bonchev–Trinajstić information content (AvgIpc) is 3.12. The van der Waals surface area contributed by atoms with E-state index in [-0.39, 0.29) is 40.1 Å². The van der Waals surface area contributed by atoms with E-state index in [1.54, 1.807) is 6.92 Å². The summed E-state index contributed by atoms with van der Waals surface area (Å²) in [5, 5.41) is 1.80. The summed E-state index contributed by atoms with van der Waals surface area (Å²) in [5.74, 6) is -1.13. The quantitative estimate of drug-likeness (QED) is 0.462. The number of hydrogen-bond donors (Lipinski definition) is 2. The number of rotatable bonds is 3. The van der Waals surface area contributed by atoms with Gasteiger partial charge in [0.15, 0.2) is 15.7 Å². The number of benzene rings is 1. The topological polar surface area (TPSA) is 105 Å². The van der Waals surface area contributed by atoms with Gasteiger partial charge in [-0.15, -0.1) is 0 Å². The molecule has 0 radical (unpaired) electrons. The van der Waals surface area contributed by atoms with Crippen molar-refractivity contribution < 1.29 is 22.8 Å². The number of aromatic nitrogens is 4. The second-order valence-corrected chi connectivity index (χ2v) is 9.55. The van der Waals surface area contributed by atoms with Crippen molar-refractivity contribution in [3.63, 3.8) is 0 Å². The minimum absolute atomic E-state index is 0.0344. The van der Waals surface area contributed by atoms with Crippen LogP contribution < -0.4 is 10.9 Å². The van der Waals surface area contributed by atoms with Crippen LogP contribution in [0.25, 0.3) is 5.82 Å². The number of hydrogen-bond acceptors (Lipinski definition) is 5. The van der Waals surface area contributed by atoms with Crippen LogP contribution in [0.15, 0.2) is 23.0 Å². The summed E-state index contributed by atoms with van der Waals surface area (Å²) in [6.07, 6.45) is -4.64. The molecule has 0 spiro atoms. The van der Waals surface area contributed by atoms with Crippen molar-refractivity contribution in [1.29, 1.82) is 0 Å². The van der Waals surface area contributed by atoms with E-state index >= 15 is 0 Å². The molecule has 9 nitrogen and oxygen atoms in total. The van der Waals surface area contributed by atoms with Crippen LogP contribution >= 0.6 is 35.4 Å². The molecule has 15 heteroatoms. The molecule has 1 atom stereocenters. The molecular formula is C22H19Cl2F3N6O3S. The summed E-state index contributed by atoms with van der Waals surface area (Å²) >= 11 is 17.3. The van der Waals surface area contributed by atoms with Gasteiger partial charge in [0.2, 0.25) is 5.82 Å². The van der Waals surface area contributed by atoms with Gasteiger partial charge in [-0.2, -0.15) is 13.2 Å². The molecule has 1 aliphatic rings. The van der Waals surface area contributed by atoms with Crippen LogP contribution in [-0.2, 0) is 26.2 Å². The Hall–Kier alpha value is -3.16. The minimum Gasteiger partial charge on any atom is -0.352 e. The van der Waals surface area contributed by atoms with Crippen LogP contribution in [-0.4, -0.2) is 48.9 Å². The Morgan fingerprint density at radius 2 is 1.95 bits per heavy atom. The number of halogens is 5. The number of alkyl halides is 3. The highest BCUT2D eigenvalue weighted by Crippen LogP contribution is 2.35. The second-order valence-electron chi connectivity index (χ2n) is 8.39. The van der Waals surface area contributed by atoms with Gasteiger partial charge in [-0.25, -0.2) is 9.55 Å². The fourth-order valence-electron chi connectivity index (χ4n) is 4.21. The van der Waals surface area contributed by atoms with E-state index < -0.39 is 40.2 Å². The van der Waals surface area contributed by atoms with E-state index in [2.05, 4.69) is 15.3 Å². The lowest BCUT2D eigenvalue weighted by molar-refractivity contribution is -0.137. The first-order valence-corrected chi connectivity index (χ1v) is 11.9. The third kappa shape index (κ3) is 4.66. The first-order valence-electron chi connectivity index (χ1n) is 10.8. The Labute approximate surface area is 222 Å². The van der Waals surface area contributed by atoms with Crippen LogP contribution in [0.2, 0.25) is 10.2 Å². The molecule has 0 unspecified atom stereocenters. The molecule has 2 N–H and O–H groups in total. The Kier molecular flexibility index (Phi) is 6.99. The van der Waals surface area contributed by atoms with Crippen molar-refractivity contribution in [3.8, 4) is 5.82 Å². The van der Waals surface area contributed by atoms with E-state index in [4.69, 9.17) is 35.4 Å². The lowest BCUT2D eigenvalue weighted by atomic mass is 9.98. The summed E-state index contributed by atoms with van der Waals surface area (Å²) in [6, 6.07) is 2.41. The monoisotopic (exact) mass is 574 g/mol. The predicted molar refractivity (Wildman–Crippen MR) is 132 cm³/mol. The zero-order valence-electron chi connectivity index (χ0n) is 19.5. The van der Waals surface area contributed by atoms with Crippen LogP contribution in [0.4, 0.5) is 13.2 Å². The van der Waals surface area contributed by atoms with Crippen LogP contribution in [0.1, 0.15) is 44.7 Å². The fourth-order valence-corrected chi connectivity index (χ4v) is 5.02. The van der Waals surface area contributed by atoms with Gasteiger partial charge in [-0.1, -0.05) is 23.2 Å². The minimum atomic E-state index is -4.73. The van der Waals surface area contributed by atoms with Crippen molar-refractivity contribution in [1.82, 2.24) is 29.3 Å². The fraction of sp³-hybridized carbons (Fsp3) is 0.318. The van der Waals surface area contributed by atoms with Crippen molar-refractivity contribution in [3.05, 3.63) is 71.7 Å². The van der Waals surface area contributed by atoms with E-state index in [1.807, 2.05) is 0 Å². The number of imidazole rings is 1. The van der Waals surface area contributed by atoms with E-state index in [0.717, 1.165) is 10.6 Å². The molecule has 3 aromatic rings. The molecular weight excluding hydrogens is 556 g/mol. The number of fused-ring (bicyclic) bond motifs is 1. The first kappa shape index (κ1) is 26.9. The SMILES string of the molecule is CNC(=O)c1nc(Cl)c(-n2c(=S)[nH]c3c(c2=O)C[C@@H](C)N(C(=O)c2ccc(Cl)c(C(F)(F)F)c2)C3)n1C. The largest absolute Gasteiger partial charge is 0.417 e. The number of H-pyrrole nitrogens is 1. The summed E-state index contributed by atoms with van der Waals surface area (Å²) in [6.45, 7) is 1.58. The van der Waals surface area contributed by atoms with E-state index in [1.165, 1.54) is 29.6 Å². The van der Waals surface area contributed by atoms with Gasteiger partial charge in [-0.3, -0.25) is 14.4 Å². The number of amides is 2. The van der Waals surface area contributed by atoms with Crippen molar-refractivity contribution in [2.45, 2.75) is 32.1 Å². The molecule has 0 aliphatic carbocycles. The Bertz CT molecular complexity index is 1560. The van der Waals surface area contributed by atoms with E-state index in [9.17, 15) is 27.6 Å². The zero-order valence-corrected chi connectivity index (χ0v) is 21.9. The maximum absolute atomic E-state index is 13.5. The van der Waals surface area contributed by atoms with Gasteiger partial charge >= 0.3 is 6.18 Å². The Morgan fingerprint density at radius 1 is 1.27 bits per heavy atom. The van der Waals surface area contributed by atoms with Crippen LogP contribution in [0.5, 0.6) is 0 Å². The van der Waals surface area contributed by atoms with Gasteiger partial charge in [0.1, 0.15) is 0 Å². The normalized spacial score (nSPS) is 15.5. The van der Waals surface area contributed by atoms with Gasteiger partial charge in [0, 0.05) is 37.0 Å². The molecule has 2 amide bonds. The van der Waals surface area contributed by atoms with Gasteiger partial charge in [0.05, 0.1) is 17.1 Å². The molecule has 2 aromatic heterocycles. The molecule has 1 aromatic carbocycles. The third-order valence-electron chi connectivity index (χ3n) is 6.09. The van der Waals surface area contributed by atoms with Crippen molar-refractivity contribution in [2.24, 2.45) is 7.05 Å². The summed E-state index contributed by atoms with van der Waals surface area (Å²) in [4.78, 5) is 47.1. The molecule has 0 saturated heterocycles. The Balaban J connectivity index is 1.75. The second kappa shape index (κ2) is 9.62.